The maximum absolute atomic E-state index is 11.1. The van der Waals surface area contributed by atoms with E-state index < -0.39 is 11.2 Å². The zero-order chi connectivity index (χ0) is 16.8. The molecular weight excluding hydrogens is 272 g/mol. The van der Waals surface area contributed by atoms with Crippen molar-refractivity contribution < 1.29 is 10.2 Å². The topological polar surface area (TPSA) is 40.5 Å². The van der Waals surface area contributed by atoms with Crippen LogP contribution in [0.15, 0.2) is 12.7 Å². The van der Waals surface area contributed by atoms with Gasteiger partial charge >= 0.3 is 0 Å². The Hall–Kier alpha value is -0.340. The van der Waals surface area contributed by atoms with Gasteiger partial charge in [0.1, 0.15) is 0 Å². The van der Waals surface area contributed by atoms with Crippen LogP contribution in [0.3, 0.4) is 0 Å². The molecule has 0 aliphatic heterocycles. The van der Waals surface area contributed by atoms with Gasteiger partial charge in [0, 0.05) is 0 Å². The second-order valence-corrected chi connectivity index (χ2v) is 9.45. The zero-order valence-corrected chi connectivity index (χ0v) is 15.3. The lowest BCUT2D eigenvalue weighted by Crippen LogP contribution is -2.57. The van der Waals surface area contributed by atoms with Crippen molar-refractivity contribution in [2.24, 2.45) is 22.7 Å². The highest BCUT2D eigenvalue weighted by Gasteiger charge is 2.57. The Kier molecular flexibility index (Phi) is 4.61. The van der Waals surface area contributed by atoms with Gasteiger partial charge in [-0.25, -0.2) is 0 Å². The summed E-state index contributed by atoms with van der Waals surface area (Å²) in [4.78, 5) is 0. The van der Waals surface area contributed by atoms with Crippen molar-refractivity contribution in [1.29, 1.82) is 0 Å². The monoisotopic (exact) mass is 308 g/mol. The van der Waals surface area contributed by atoms with E-state index in [4.69, 9.17) is 0 Å². The van der Waals surface area contributed by atoms with Gasteiger partial charge < -0.3 is 10.2 Å². The van der Waals surface area contributed by atoms with E-state index >= 15 is 0 Å². The summed E-state index contributed by atoms with van der Waals surface area (Å²) in [5, 5.41) is 21.4. The Bertz CT molecular complexity index is 421. The molecule has 5 atom stereocenters. The lowest BCUT2D eigenvalue weighted by molar-refractivity contribution is -0.171. The quantitative estimate of drug-likeness (QED) is 0.739. The van der Waals surface area contributed by atoms with Gasteiger partial charge in [-0.1, -0.05) is 33.3 Å². The fourth-order valence-electron chi connectivity index (χ4n) is 5.80. The van der Waals surface area contributed by atoms with Gasteiger partial charge in [0.2, 0.25) is 0 Å². The molecule has 2 aliphatic carbocycles. The van der Waals surface area contributed by atoms with E-state index in [0.29, 0.717) is 17.8 Å². The molecule has 0 aromatic rings. The van der Waals surface area contributed by atoms with Gasteiger partial charge in [-0.15, -0.1) is 6.58 Å². The van der Waals surface area contributed by atoms with E-state index in [1.807, 2.05) is 13.8 Å². The van der Waals surface area contributed by atoms with E-state index in [2.05, 4.69) is 27.4 Å². The molecule has 2 heteroatoms. The van der Waals surface area contributed by atoms with E-state index in [-0.39, 0.29) is 11.3 Å². The maximum atomic E-state index is 11.1. The predicted molar refractivity (Wildman–Crippen MR) is 92.6 cm³/mol. The van der Waals surface area contributed by atoms with Gasteiger partial charge in [0.15, 0.2) is 0 Å². The third-order valence-corrected chi connectivity index (χ3v) is 7.14. The zero-order valence-electron chi connectivity index (χ0n) is 15.3. The highest BCUT2D eigenvalue weighted by Crippen LogP contribution is 2.63. The van der Waals surface area contributed by atoms with Crippen LogP contribution in [-0.2, 0) is 0 Å². The van der Waals surface area contributed by atoms with Gasteiger partial charge in [0.25, 0.3) is 0 Å². The molecule has 0 bridgehead atoms. The molecule has 2 fully saturated rings. The van der Waals surface area contributed by atoms with Crippen LogP contribution in [0.2, 0.25) is 0 Å². The Balaban J connectivity index is 2.28. The van der Waals surface area contributed by atoms with Crippen molar-refractivity contribution in [3.63, 3.8) is 0 Å². The summed E-state index contributed by atoms with van der Waals surface area (Å²) in [6.07, 6.45) is 8.96. The van der Waals surface area contributed by atoms with Crippen LogP contribution in [0.25, 0.3) is 0 Å². The molecule has 0 aromatic carbocycles. The molecule has 0 amide bonds. The van der Waals surface area contributed by atoms with Crippen LogP contribution >= 0.6 is 0 Å². The largest absolute Gasteiger partial charge is 0.390 e. The number of rotatable bonds is 4. The van der Waals surface area contributed by atoms with Crippen LogP contribution < -0.4 is 0 Å². The van der Waals surface area contributed by atoms with Gasteiger partial charge in [-0.2, -0.15) is 0 Å². The first kappa shape index (κ1) is 18.0. The summed E-state index contributed by atoms with van der Waals surface area (Å²) in [7, 11) is 0. The summed E-state index contributed by atoms with van der Waals surface area (Å²) in [6, 6.07) is 0. The summed E-state index contributed by atoms with van der Waals surface area (Å²) in [6.45, 7) is 14.8. The second-order valence-electron chi connectivity index (χ2n) is 9.45. The van der Waals surface area contributed by atoms with Crippen LogP contribution in [0, 0.1) is 22.7 Å². The average Bonchev–Trinajstić information content (AvgIpc) is 2.35. The molecule has 2 N–H and O–H groups in total. The van der Waals surface area contributed by atoms with Gasteiger partial charge in [0.05, 0.1) is 11.2 Å². The minimum absolute atomic E-state index is 0.181. The summed E-state index contributed by atoms with van der Waals surface area (Å²) >= 11 is 0. The van der Waals surface area contributed by atoms with Crippen molar-refractivity contribution in [1.82, 2.24) is 0 Å². The van der Waals surface area contributed by atoms with Crippen molar-refractivity contribution in [2.45, 2.75) is 90.8 Å². The minimum atomic E-state index is -0.830. The molecule has 0 spiro atoms. The molecule has 22 heavy (non-hydrogen) atoms. The second kappa shape index (κ2) is 5.63. The molecule has 0 heterocycles. The standard InChI is InChI=1S/C20H36O2/c1-7-18(4,21)13-9-16-19(5)12-8-11-17(2,3)15(19)10-14-20(16,6)22/h7,15-16,21-22H,1,8-14H2,2-6H3/t15?,16-,18+,19+,20-/m0/s1. The molecule has 1 unspecified atom stereocenters. The first-order chi connectivity index (χ1) is 9.95. The normalized spacial score (nSPS) is 44.0. The molecule has 2 nitrogen and oxygen atoms in total. The van der Waals surface area contributed by atoms with Crippen molar-refractivity contribution in [2.75, 3.05) is 0 Å². The van der Waals surface area contributed by atoms with Crippen LogP contribution in [0.5, 0.6) is 0 Å². The van der Waals surface area contributed by atoms with Crippen LogP contribution in [0.4, 0.5) is 0 Å². The molecule has 2 saturated carbocycles. The highest BCUT2D eigenvalue weighted by atomic mass is 16.3. The summed E-state index contributed by atoms with van der Waals surface area (Å²) in [5.74, 6) is 0.928. The van der Waals surface area contributed by atoms with Gasteiger partial charge in [-0.05, 0) is 75.0 Å². The lowest BCUT2D eigenvalue weighted by atomic mass is 9.45. The van der Waals surface area contributed by atoms with Crippen LogP contribution in [0.1, 0.15) is 79.6 Å². The lowest BCUT2D eigenvalue weighted by Gasteiger charge is -2.61. The fraction of sp³-hybridized carbons (Fsp3) is 0.900. The third-order valence-electron chi connectivity index (χ3n) is 7.14. The van der Waals surface area contributed by atoms with E-state index in [0.717, 1.165) is 19.3 Å². The molecule has 0 saturated heterocycles. The van der Waals surface area contributed by atoms with Gasteiger partial charge in [-0.3, -0.25) is 0 Å². The van der Waals surface area contributed by atoms with Crippen LogP contribution in [-0.4, -0.2) is 21.4 Å². The molecule has 0 radical (unpaired) electrons. The fourth-order valence-corrected chi connectivity index (χ4v) is 5.80. The Morgan fingerprint density at radius 2 is 1.82 bits per heavy atom. The van der Waals surface area contributed by atoms with Crippen molar-refractivity contribution >= 4 is 0 Å². The molecule has 2 rings (SSSR count). The Morgan fingerprint density at radius 3 is 2.41 bits per heavy atom. The van der Waals surface area contributed by atoms with E-state index in [1.165, 1.54) is 19.3 Å². The smallest absolute Gasteiger partial charge is 0.0797 e. The number of fused-ring (bicyclic) bond motifs is 1. The third kappa shape index (κ3) is 3.14. The minimum Gasteiger partial charge on any atom is -0.390 e. The first-order valence-electron chi connectivity index (χ1n) is 9.03. The molecule has 0 aromatic heterocycles. The Morgan fingerprint density at radius 1 is 1.18 bits per heavy atom. The number of aliphatic hydroxyl groups is 2. The van der Waals surface area contributed by atoms with E-state index in [1.54, 1.807) is 6.08 Å². The first-order valence-corrected chi connectivity index (χ1v) is 9.03. The molecule has 2 aliphatic rings. The summed E-state index contributed by atoms with van der Waals surface area (Å²) < 4.78 is 0. The maximum Gasteiger partial charge on any atom is 0.0797 e. The number of hydrogen-bond donors (Lipinski definition) is 2. The summed E-state index contributed by atoms with van der Waals surface area (Å²) in [5.41, 5.74) is -0.900. The van der Waals surface area contributed by atoms with Crippen molar-refractivity contribution in [3.05, 3.63) is 12.7 Å². The molecular formula is C20H36O2. The molecule has 128 valence electrons. The SMILES string of the molecule is C=C[C@@](C)(O)CC[C@@H]1[C@@](C)(O)CCC2C(C)(C)CCC[C@]21C. The number of hydrogen-bond acceptors (Lipinski definition) is 2. The Labute approximate surface area is 137 Å². The average molecular weight is 309 g/mol. The predicted octanol–water partition coefficient (Wildman–Crippen LogP) is 4.70. The van der Waals surface area contributed by atoms with E-state index in [9.17, 15) is 10.2 Å². The van der Waals surface area contributed by atoms with Crippen molar-refractivity contribution in [3.8, 4) is 0 Å². The highest BCUT2D eigenvalue weighted by molar-refractivity contribution is 5.08.